The second kappa shape index (κ2) is 52.5. The number of thioether (sulfide) groups is 6. The van der Waals surface area contributed by atoms with E-state index in [-0.39, 0.29) is 22.3 Å². The highest BCUT2D eigenvalue weighted by atomic mass is 32.2. The molecule has 0 aliphatic heterocycles. The van der Waals surface area contributed by atoms with Gasteiger partial charge < -0.3 is 4.43 Å². The monoisotopic (exact) mass is 1150 g/mol. The molecule has 72 heavy (non-hydrogen) atoms. The topological polar surface area (TPSA) is 28.7 Å². The van der Waals surface area contributed by atoms with Crippen molar-refractivity contribution in [2.45, 2.75) is 123 Å². The van der Waals surface area contributed by atoms with Crippen LogP contribution in [0.2, 0.25) is 19.1 Å². The highest BCUT2D eigenvalue weighted by Crippen LogP contribution is 2.41. The molecule has 2 rings (SSSR count). The molecule has 15 heteroatoms. The smallest absolute Gasteiger partial charge is 0.186 e. The standard InChI is InChI=1S/C27H57N3S6.C21H33N3.C6H16OSSi.3CH4/c1-31-19-7-13-28(14-8-20-32-2)25-26(29(15-9-21-33-3)16-10-22-34-4)27(25)30(17-11-23-35-5)18-12-24-36-6;1-7-13-22(14-8-2)19-20(23(15-9-3)16-10-4)21(19)24(17-11-5)18-12-6;1-7-9(2,3)6-4-5-8;;;/h25-27H,7-24H2,1-6H3;7-12,19-21H,1-6,13-18H2;8H,4-6H2,1-3H3;3*1H4. The second-order valence-electron chi connectivity index (χ2n) is 18.5. The first kappa shape index (κ1) is 79.3. The fraction of sp³-hybridized carbons (Fsp3) is 0.789. The van der Waals surface area contributed by atoms with Crippen LogP contribution in [0.15, 0.2) is 75.9 Å². The lowest BCUT2D eigenvalue weighted by atomic mass is 10.3. The minimum atomic E-state index is -1.25. The van der Waals surface area contributed by atoms with E-state index in [1.54, 1.807) is 0 Å². The van der Waals surface area contributed by atoms with Gasteiger partial charge >= 0.3 is 0 Å². The van der Waals surface area contributed by atoms with Crippen LogP contribution in [-0.2, 0) is 4.43 Å². The summed E-state index contributed by atoms with van der Waals surface area (Å²) in [6, 6.07) is 4.69. The van der Waals surface area contributed by atoms with Crippen molar-refractivity contribution in [3.05, 3.63) is 75.9 Å². The van der Waals surface area contributed by atoms with E-state index in [9.17, 15) is 0 Å². The SMILES string of the molecule is C.C.C.C=CCN(CC=C)C1C(N(CC=C)CC=C)C1N(CC=C)CC=C.CO[Si](C)(C)CCCS.CSCCCN(CCCSC)C1C(N(CCCSC)CCCSC)C1N(CCCSC)CCCSC. The van der Waals surface area contributed by atoms with E-state index in [0.29, 0.717) is 18.1 Å². The molecule has 2 aliphatic rings. The third-order valence-electron chi connectivity index (χ3n) is 12.8. The molecule has 0 N–H and O–H groups in total. The quantitative estimate of drug-likeness (QED) is 0.0272. The Morgan fingerprint density at radius 1 is 0.389 bits per heavy atom. The van der Waals surface area contributed by atoms with Gasteiger partial charge in [-0.05, 0) is 181 Å². The zero-order chi connectivity index (χ0) is 51.7. The highest BCUT2D eigenvalue weighted by molar-refractivity contribution is 7.99. The molecular formula is C57H118N6OS7Si. The van der Waals surface area contributed by atoms with Crippen LogP contribution in [0.1, 0.15) is 67.2 Å². The average molecular weight is 1160 g/mol. The fourth-order valence-corrected chi connectivity index (χ4v) is 13.6. The van der Waals surface area contributed by atoms with E-state index in [2.05, 4.69) is 132 Å². The van der Waals surface area contributed by atoms with Gasteiger partial charge in [-0.3, -0.25) is 29.4 Å². The van der Waals surface area contributed by atoms with E-state index in [1.807, 2.05) is 114 Å². The first-order valence-electron chi connectivity index (χ1n) is 25.7. The van der Waals surface area contributed by atoms with Crippen LogP contribution in [0, 0.1) is 0 Å². The number of hydrogen-bond acceptors (Lipinski definition) is 14. The summed E-state index contributed by atoms with van der Waals surface area (Å²) >= 11 is 16.2. The largest absolute Gasteiger partial charge is 0.420 e. The Bertz CT molecular complexity index is 1090. The second-order valence-corrected chi connectivity index (χ2v) is 29.3. The molecule has 0 atom stereocenters. The molecule has 0 aromatic rings. The molecule has 2 saturated carbocycles. The van der Waals surface area contributed by atoms with Crippen LogP contribution in [0.4, 0.5) is 0 Å². The molecule has 2 fully saturated rings. The van der Waals surface area contributed by atoms with Gasteiger partial charge in [0.2, 0.25) is 0 Å². The van der Waals surface area contributed by atoms with Crippen molar-refractivity contribution in [2.75, 3.05) is 163 Å². The summed E-state index contributed by atoms with van der Waals surface area (Å²) in [6.45, 7) is 40.7. The molecule has 0 unspecified atom stereocenters. The summed E-state index contributed by atoms with van der Waals surface area (Å²) in [4.78, 5) is 16.1. The summed E-state index contributed by atoms with van der Waals surface area (Å²) in [6.07, 6.45) is 34.5. The zero-order valence-corrected chi connectivity index (χ0v) is 52.5. The first-order chi connectivity index (χ1) is 33.5. The van der Waals surface area contributed by atoms with E-state index >= 15 is 0 Å². The van der Waals surface area contributed by atoms with Crippen molar-refractivity contribution in [1.82, 2.24) is 29.4 Å². The van der Waals surface area contributed by atoms with E-state index in [4.69, 9.17) is 4.43 Å². The zero-order valence-electron chi connectivity index (χ0n) is 45.8. The maximum Gasteiger partial charge on any atom is 0.186 e. The predicted octanol–water partition coefficient (Wildman–Crippen LogP) is 13.7. The number of nitrogens with zero attached hydrogens (tertiary/aromatic N) is 6. The van der Waals surface area contributed by atoms with Crippen molar-refractivity contribution >= 4 is 91.5 Å². The van der Waals surface area contributed by atoms with Crippen molar-refractivity contribution in [2.24, 2.45) is 0 Å². The van der Waals surface area contributed by atoms with Crippen molar-refractivity contribution in [3.8, 4) is 0 Å². The molecule has 2 aliphatic carbocycles. The summed E-state index contributed by atoms with van der Waals surface area (Å²) in [7, 11) is 0.563. The Kier molecular flexibility index (Phi) is 57.9. The molecule has 7 nitrogen and oxygen atoms in total. The molecule has 0 saturated heterocycles. The predicted molar refractivity (Wildman–Crippen MR) is 359 cm³/mol. The van der Waals surface area contributed by atoms with Crippen LogP contribution in [-0.4, -0.2) is 237 Å². The lowest BCUT2D eigenvalue weighted by molar-refractivity contribution is 0.200. The summed E-state index contributed by atoms with van der Waals surface area (Å²) in [5.41, 5.74) is 0. The third-order valence-corrected chi connectivity index (χ3v) is 19.9. The highest BCUT2D eigenvalue weighted by Gasteiger charge is 2.59. The van der Waals surface area contributed by atoms with Gasteiger partial charge in [-0.25, -0.2) is 0 Å². The molecule has 0 radical (unpaired) electrons. The third kappa shape index (κ3) is 34.0. The molecule has 0 aromatic heterocycles. The molecule has 0 heterocycles. The Morgan fingerprint density at radius 2 is 0.583 bits per heavy atom. The van der Waals surface area contributed by atoms with Crippen LogP contribution < -0.4 is 0 Å². The summed E-state index contributed by atoms with van der Waals surface area (Å²) in [5, 5.41) is 0. The normalized spacial score (nSPS) is 18.8. The van der Waals surface area contributed by atoms with Gasteiger partial charge in [0, 0.05) is 82.6 Å². The van der Waals surface area contributed by atoms with Crippen LogP contribution >= 0.6 is 83.2 Å². The Balaban J connectivity index is -0.000000553. The number of thiol groups is 1. The first-order valence-corrected chi connectivity index (χ1v) is 37.8. The minimum absolute atomic E-state index is 0. The Morgan fingerprint density at radius 3 is 0.736 bits per heavy atom. The average Bonchev–Trinajstić information content (AvgIpc) is 4.27. The van der Waals surface area contributed by atoms with E-state index in [1.165, 1.54) is 125 Å². The van der Waals surface area contributed by atoms with Crippen LogP contribution in [0.25, 0.3) is 0 Å². The Hall–Kier alpha value is 0.827. The molecule has 428 valence electrons. The molecule has 0 aromatic carbocycles. The molecule has 0 bridgehead atoms. The van der Waals surface area contributed by atoms with Crippen LogP contribution in [0.3, 0.4) is 0 Å². The summed E-state index contributed by atoms with van der Waals surface area (Å²) < 4.78 is 5.34. The van der Waals surface area contributed by atoms with Crippen LogP contribution in [0.5, 0.6) is 0 Å². The number of rotatable bonds is 46. The van der Waals surface area contributed by atoms with Gasteiger partial charge in [-0.1, -0.05) is 58.7 Å². The molecule has 0 amide bonds. The van der Waals surface area contributed by atoms with Crippen molar-refractivity contribution in [1.29, 1.82) is 0 Å². The lowest BCUT2D eigenvalue weighted by Gasteiger charge is -2.27. The van der Waals surface area contributed by atoms with Crippen molar-refractivity contribution < 1.29 is 4.43 Å². The minimum Gasteiger partial charge on any atom is -0.420 e. The van der Waals surface area contributed by atoms with Crippen molar-refractivity contribution in [3.63, 3.8) is 0 Å². The van der Waals surface area contributed by atoms with E-state index < -0.39 is 8.32 Å². The maximum absolute atomic E-state index is 5.34. The van der Waals surface area contributed by atoms with Gasteiger partial charge in [0.25, 0.3) is 0 Å². The summed E-state index contributed by atoms with van der Waals surface area (Å²) in [5.74, 6) is 8.72. The van der Waals surface area contributed by atoms with E-state index in [0.717, 1.165) is 63.1 Å². The van der Waals surface area contributed by atoms with Gasteiger partial charge in [-0.2, -0.15) is 83.2 Å². The van der Waals surface area contributed by atoms with Gasteiger partial charge in [0.1, 0.15) is 0 Å². The Labute approximate surface area is 483 Å². The van der Waals surface area contributed by atoms with Gasteiger partial charge in [0.15, 0.2) is 8.32 Å². The molecule has 0 spiro atoms. The van der Waals surface area contributed by atoms with Gasteiger partial charge in [0.05, 0.1) is 0 Å². The molecular weight excluding hydrogens is 1040 g/mol. The lowest BCUT2D eigenvalue weighted by Crippen LogP contribution is -2.37. The number of hydrogen-bond donors (Lipinski definition) is 1. The maximum atomic E-state index is 5.34. The van der Waals surface area contributed by atoms with Gasteiger partial charge in [-0.15, -0.1) is 39.5 Å². The fourth-order valence-electron chi connectivity index (χ4n) is 9.38.